The van der Waals surface area contributed by atoms with Crippen molar-refractivity contribution in [2.24, 2.45) is 5.92 Å². The van der Waals surface area contributed by atoms with Crippen molar-refractivity contribution in [3.63, 3.8) is 0 Å². The summed E-state index contributed by atoms with van der Waals surface area (Å²) in [4.78, 5) is 6.67. The van der Waals surface area contributed by atoms with Crippen molar-refractivity contribution in [2.45, 2.75) is 44.6 Å². The fourth-order valence-corrected chi connectivity index (χ4v) is 5.56. The Morgan fingerprint density at radius 2 is 1.97 bits per heavy atom. The zero-order chi connectivity index (χ0) is 19.4. The molecule has 150 valence electrons. The number of aryl methyl sites for hydroxylation is 1. The minimum atomic E-state index is -0.236. The standard InChI is InChI=1S/C23H26FN5/c24-17-5-3-4-16(12-17)20-13-22-25-19-7-2-1-6-18(19)23(29(22)27-20)26-21-14-28-10-8-15(21)9-11-28/h3-5,12-13,15,21,26H,1-2,6-11,14H2/p+1/t21-/m1/s1. The summed E-state index contributed by atoms with van der Waals surface area (Å²) in [5.74, 6) is 1.65. The first-order valence-corrected chi connectivity index (χ1v) is 11.0. The summed E-state index contributed by atoms with van der Waals surface area (Å²) in [7, 11) is 0. The van der Waals surface area contributed by atoms with Gasteiger partial charge in [-0.25, -0.2) is 9.37 Å². The van der Waals surface area contributed by atoms with Crippen LogP contribution in [0.3, 0.4) is 0 Å². The summed E-state index contributed by atoms with van der Waals surface area (Å²) in [6, 6.07) is 9.17. The van der Waals surface area contributed by atoms with Crippen molar-refractivity contribution < 1.29 is 9.29 Å². The summed E-state index contributed by atoms with van der Waals surface area (Å²) in [5.41, 5.74) is 4.99. The highest BCUT2D eigenvalue weighted by Gasteiger charge is 2.38. The van der Waals surface area contributed by atoms with Gasteiger partial charge in [0.05, 0.1) is 31.4 Å². The maximum Gasteiger partial charge on any atom is 0.158 e. The minimum absolute atomic E-state index is 0.236. The van der Waals surface area contributed by atoms with E-state index in [1.165, 1.54) is 62.6 Å². The van der Waals surface area contributed by atoms with Crippen LogP contribution >= 0.6 is 0 Å². The molecule has 3 aromatic rings. The highest BCUT2D eigenvalue weighted by molar-refractivity contribution is 5.67. The van der Waals surface area contributed by atoms with Gasteiger partial charge in [-0.15, -0.1) is 0 Å². The summed E-state index contributed by atoms with van der Waals surface area (Å²) in [6.07, 6.45) is 7.13. The number of halogens is 1. The Bertz CT molecular complexity index is 1070. The van der Waals surface area contributed by atoms with E-state index in [1.54, 1.807) is 17.0 Å². The molecule has 2 aromatic heterocycles. The van der Waals surface area contributed by atoms with Gasteiger partial charge in [-0.2, -0.15) is 9.61 Å². The van der Waals surface area contributed by atoms with E-state index in [0.717, 1.165) is 41.5 Å². The van der Waals surface area contributed by atoms with E-state index in [1.807, 2.05) is 16.6 Å². The van der Waals surface area contributed by atoms with E-state index in [-0.39, 0.29) is 5.82 Å². The van der Waals surface area contributed by atoms with Crippen LogP contribution in [-0.2, 0) is 12.8 Å². The van der Waals surface area contributed by atoms with Gasteiger partial charge in [0.15, 0.2) is 5.65 Å². The number of rotatable bonds is 3. The number of anilines is 1. The van der Waals surface area contributed by atoms with E-state index in [0.29, 0.717) is 6.04 Å². The second kappa shape index (κ2) is 6.80. The van der Waals surface area contributed by atoms with Gasteiger partial charge in [0, 0.05) is 35.7 Å². The molecule has 4 aliphatic rings. The van der Waals surface area contributed by atoms with E-state index < -0.39 is 0 Å². The Kier molecular flexibility index (Phi) is 4.08. The van der Waals surface area contributed by atoms with Crippen molar-refractivity contribution in [1.29, 1.82) is 0 Å². The van der Waals surface area contributed by atoms with E-state index in [9.17, 15) is 4.39 Å². The second-order valence-corrected chi connectivity index (χ2v) is 8.95. The molecular weight excluding hydrogens is 365 g/mol. The van der Waals surface area contributed by atoms with E-state index >= 15 is 0 Å². The van der Waals surface area contributed by atoms with Crippen LogP contribution in [0.15, 0.2) is 30.3 Å². The maximum atomic E-state index is 13.8. The predicted molar refractivity (Wildman–Crippen MR) is 111 cm³/mol. The van der Waals surface area contributed by atoms with Crippen LogP contribution in [0.5, 0.6) is 0 Å². The van der Waals surface area contributed by atoms with Gasteiger partial charge >= 0.3 is 0 Å². The molecule has 5 heterocycles. The largest absolute Gasteiger partial charge is 0.361 e. The summed E-state index contributed by atoms with van der Waals surface area (Å²) >= 11 is 0. The molecule has 2 N–H and O–H groups in total. The first-order chi connectivity index (χ1) is 14.2. The second-order valence-electron chi connectivity index (χ2n) is 8.95. The lowest BCUT2D eigenvalue weighted by Gasteiger charge is -2.42. The smallest absolute Gasteiger partial charge is 0.158 e. The molecule has 3 saturated heterocycles. The highest BCUT2D eigenvalue weighted by atomic mass is 19.1. The summed E-state index contributed by atoms with van der Waals surface area (Å²) in [5, 5.41) is 8.80. The molecule has 7 rings (SSSR count). The van der Waals surface area contributed by atoms with Crippen molar-refractivity contribution in [3.05, 3.63) is 47.4 Å². The molecule has 1 aromatic carbocycles. The van der Waals surface area contributed by atoms with Crippen LogP contribution in [-0.4, -0.2) is 40.3 Å². The van der Waals surface area contributed by atoms with Crippen LogP contribution in [0.2, 0.25) is 0 Å². The van der Waals surface area contributed by atoms with Crippen LogP contribution in [0, 0.1) is 11.7 Å². The molecule has 6 heteroatoms. The SMILES string of the molecule is Fc1cccc(-c2cc3nc4c(c(N[C@@H]5C[NH+]6CCC5CC6)n3n2)CCCC4)c1. The lowest BCUT2D eigenvalue weighted by Crippen LogP contribution is -3.16. The lowest BCUT2D eigenvalue weighted by molar-refractivity contribution is -0.916. The van der Waals surface area contributed by atoms with Crippen LogP contribution in [0.1, 0.15) is 36.9 Å². The number of hydrogen-bond donors (Lipinski definition) is 2. The first-order valence-electron chi connectivity index (χ1n) is 11.0. The number of nitrogens with one attached hydrogen (secondary N) is 2. The molecule has 5 nitrogen and oxygen atoms in total. The van der Waals surface area contributed by atoms with Crippen molar-refractivity contribution >= 4 is 11.5 Å². The predicted octanol–water partition coefficient (Wildman–Crippen LogP) is 2.50. The van der Waals surface area contributed by atoms with Crippen LogP contribution in [0.25, 0.3) is 16.9 Å². The molecule has 0 unspecified atom stereocenters. The summed E-state index contributed by atoms with van der Waals surface area (Å²) in [6.45, 7) is 3.83. The number of fused-ring (bicyclic) bond motifs is 5. The molecule has 29 heavy (non-hydrogen) atoms. The average molecular weight is 393 g/mol. The molecule has 0 amide bonds. The number of nitrogens with zero attached hydrogens (tertiary/aromatic N) is 3. The van der Waals surface area contributed by atoms with Crippen molar-refractivity contribution in [3.8, 4) is 11.3 Å². The summed E-state index contributed by atoms with van der Waals surface area (Å²) < 4.78 is 15.7. The monoisotopic (exact) mass is 392 g/mol. The molecular formula is C23H27FN5+. The highest BCUT2D eigenvalue weighted by Crippen LogP contribution is 2.32. The van der Waals surface area contributed by atoms with Gasteiger partial charge in [-0.05, 0) is 43.7 Å². The Morgan fingerprint density at radius 3 is 2.76 bits per heavy atom. The number of benzene rings is 1. The lowest BCUT2D eigenvalue weighted by atomic mass is 9.84. The fourth-order valence-electron chi connectivity index (χ4n) is 5.56. The molecule has 2 bridgehead atoms. The van der Waals surface area contributed by atoms with Crippen molar-refractivity contribution in [2.75, 3.05) is 25.0 Å². The number of aromatic nitrogens is 3. The fraction of sp³-hybridized carbons (Fsp3) is 0.478. The third-order valence-electron chi connectivity index (χ3n) is 7.13. The van der Waals surface area contributed by atoms with Crippen LogP contribution < -0.4 is 10.2 Å². The van der Waals surface area contributed by atoms with Gasteiger partial charge in [0.2, 0.25) is 0 Å². The average Bonchev–Trinajstić information content (AvgIpc) is 3.18. The van der Waals surface area contributed by atoms with E-state index in [4.69, 9.17) is 10.1 Å². The van der Waals surface area contributed by atoms with Crippen LogP contribution in [0.4, 0.5) is 10.2 Å². The quantitative estimate of drug-likeness (QED) is 0.720. The zero-order valence-corrected chi connectivity index (χ0v) is 16.6. The Balaban J connectivity index is 1.46. The Labute approximate surface area is 169 Å². The Morgan fingerprint density at radius 1 is 1.10 bits per heavy atom. The van der Waals surface area contributed by atoms with Crippen molar-refractivity contribution in [1.82, 2.24) is 14.6 Å². The molecule has 3 aliphatic heterocycles. The third kappa shape index (κ3) is 3.01. The number of quaternary nitrogens is 1. The molecule has 1 atom stereocenters. The van der Waals surface area contributed by atoms with Gasteiger partial charge in [-0.1, -0.05) is 12.1 Å². The molecule has 0 spiro atoms. The first kappa shape index (κ1) is 17.4. The minimum Gasteiger partial charge on any atom is -0.361 e. The number of hydrogen-bond acceptors (Lipinski definition) is 3. The Hall–Kier alpha value is -2.47. The van der Waals surface area contributed by atoms with Gasteiger partial charge in [0.1, 0.15) is 11.6 Å². The van der Waals surface area contributed by atoms with Gasteiger partial charge in [0.25, 0.3) is 0 Å². The maximum absolute atomic E-state index is 13.8. The van der Waals surface area contributed by atoms with Gasteiger partial charge in [-0.3, -0.25) is 0 Å². The van der Waals surface area contributed by atoms with Gasteiger partial charge < -0.3 is 10.2 Å². The molecule has 3 fully saturated rings. The molecule has 0 saturated carbocycles. The number of piperidine rings is 3. The third-order valence-corrected chi connectivity index (χ3v) is 7.13. The normalized spacial score (nSPS) is 25.9. The zero-order valence-electron chi connectivity index (χ0n) is 16.6. The topological polar surface area (TPSA) is 46.7 Å². The van der Waals surface area contributed by atoms with E-state index in [2.05, 4.69) is 5.32 Å². The molecule has 0 radical (unpaired) electrons. The molecule has 1 aliphatic carbocycles.